The molecule has 0 fully saturated rings. The predicted molar refractivity (Wildman–Crippen MR) is 75.3 cm³/mol. The Hall–Kier alpha value is -0.603. The number of benzene rings is 1. The molecule has 0 saturated heterocycles. The van der Waals surface area contributed by atoms with Crippen LogP contribution in [0.2, 0.25) is 19.6 Å². The number of rotatable bonds is 5. The average molecular weight is 235 g/mol. The quantitative estimate of drug-likeness (QED) is 0.702. The minimum absolute atomic E-state index is 0.631. The van der Waals surface area contributed by atoms with Crippen molar-refractivity contribution in [1.82, 2.24) is 4.90 Å². The van der Waals surface area contributed by atoms with Gasteiger partial charge in [0.25, 0.3) is 0 Å². The third-order valence-corrected chi connectivity index (χ3v) is 3.99. The summed E-state index contributed by atoms with van der Waals surface area (Å²) in [5.74, 6) is 0. The topological polar surface area (TPSA) is 3.24 Å². The van der Waals surface area contributed by atoms with Crippen molar-refractivity contribution in [3.8, 4) is 0 Å². The standard InChI is InChI=1S/C14H25NSi/c1-13(2)15(12-16(3,4)5)11-14-9-7-6-8-10-14/h6-10,13H,11-12H2,1-5H3. The van der Waals surface area contributed by atoms with Crippen LogP contribution >= 0.6 is 0 Å². The molecule has 0 atom stereocenters. The smallest absolute Gasteiger partial charge is 0.0599 e. The molecule has 0 unspecified atom stereocenters. The maximum Gasteiger partial charge on any atom is 0.0599 e. The van der Waals surface area contributed by atoms with Crippen LogP contribution in [0.5, 0.6) is 0 Å². The van der Waals surface area contributed by atoms with Gasteiger partial charge in [0.15, 0.2) is 0 Å². The van der Waals surface area contributed by atoms with Gasteiger partial charge in [0.1, 0.15) is 0 Å². The van der Waals surface area contributed by atoms with Crippen molar-refractivity contribution in [3.05, 3.63) is 35.9 Å². The van der Waals surface area contributed by atoms with E-state index in [9.17, 15) is 0 Å². The fraction of sp³-hybridized carbons (Fsp3) is 0.571. The summed E-state index contributed by atoms with van der Waals surface area (Å²) in [4.78, 5) is 2.60. The molecular weight excluding hydrogens is 210 g/mol. The Morgan fingerprint density at radius 1 is 1.06 bits per heavy atom. The molecule has 0 N–H and O–H groups in total. The fourth-order valence-electron chi connectivity index (χ4n) is 1.85. The minimum atomic E-state index is -1.01. The van der Waals surface area contributed by atoms with Gasteiger partial charge in [0.05, 0.1) is 8.07 Å². The Bertz CT molecular complexity index is 300. The van der Waals surface area contributed by atoms with Gasteiger partial charge >= 0.3 is 0 Å². The van der Waals surface area contributed by atoms with E-state index in [1.165, 1.54) is 11.7 Å². The molecule has 0 saturated carbocycles. The minimum Gasteiger partial charge on any atom is -0.299 e. The van der Waals surface area contributed by atoms with Crippen molar-refractivity contribution in [3.63, 3.8) is 0 Å². The molecule has 1 rings (SSSR count). The van der Waals surface area contributed by atoms with Crippen LogP contribution in [0.1, 0.15) is 19.4 Å². The van der Waals surface area contributed by atoms with Crippen molar-refractivity contribution in [2.75, 3.05) is 6.17 Å². The first-order valence-corrected chi connectivity index (χ1v) is 9.87. The maximum absolute atomic E-state index is 2.60. The Balaban J connectivity index is 2.66. The van der Waals surface area contributed by atoms with Gasteiger partial charge in [-0.1, -0.05) is 50.0 Å². The Labute approximate surface area is 101 Å². The maximum atomic E-state index is 2.60. The lowest BCUT2D eigenvalue weighted by molar-refractivity contribution is 0.246. The molecule has 0 bridgehead atoms. The molecule has 1 nitrogen and oxygen atoms in total. The van der Waals surface area contributed by atoms with E-state index in [1.807, 2.05) is 0 Å². The highest BCUT2D eigenvalue weighted by Crippen LogP contribution is 2.12. The van der Waals surface area contributed by atoms with Gasteiger partial charge in [0.2, 0.25) is 0 Å². The SMILES string of the molecule is CC(C)N(Cc1ccccc1)C[Si](C)(C)C. The third-order valence-electron chi connectivity index (χ3n) is 2.64. The monoisotopic (exact) mass is 235 g/mol. The van der Waals surface area contributed by atoms with Gasteiger partial charge in [-0.2, -0.15) is 0 Å². The summed E-state index contributed by atoms with van der Waals surface area (Å²) in [5, 5.41) is 0. The van der Waals surface area contributed by atoms with Crippen LogP contribution in [0, 0.1) is 0 Å². The normalized spacial score (nSPS) is 12.4. The summed E-state index contributed by atoms with van der Waals surface area (Å²) in [6, 6.07) is 11.4. The highest BCUT2D eigenvalue weighted by molar-refractivity contribution is 6.76. The largest absolute Gasteiger partial charge is 0.299 e. The molecule has 0 aliphatic carbocycles. The van der Waals surface area contributed by atoms with Gasteiger partial charge in [0, 0.05) is 12.6 Å². The number of hydrogen-bond donors (Lipinski definition) is 0. The van der Waals surface area contributed by atoms with Crippen molar-refractivity contribution >= 4 is 8.07 Å². The first-order valence-electron chi connectivity index (χ1n) is 6.16. The average Bonchev–Trinajstić information content (AvgIpc) is 2.16. The summed E-state index contributed by atoms with van der Waals surface area (Å²) >= 11 is 0. The first kappa shape index (κ1) is 13.5. The Morgan fingerprint density at radius 3 is 2.06 bits per heavy atom. The van der Waals surface area contributed by atoms with Crippen LogP contribution < -0.4 is 0 Å². The molecule has 90 valence electrons. The number of nitrogens with zero attached hydrogens (tertiary/aromatic N) is 1. The zero-order chi connectivity index (χ0) is 12.2. The van der Waals surface area contributed by atoms with E-state index >= 15 is 0 Å². The molecule has 1 aromatic rings. The van der Waals surface area contributed by atoms with E-state index < -0.39 is 8.07 Å². The van der Waals surface area contributed by atoms with E-state index in [2.05, 4.69) is 68.7 Å². The van der Waals surface area contributed by atoms with Crippen LogP contribution in [0.25, 0.3) is 0 Å². The lowest BCUT2D eigenvalue weighted by Crippen LogP contribution is -2.43. The first-order chi connectivity index (χ1) is 7.38. The molecule has 0 amide bonds. The van der Waals surface area contributed by atoms with Gasteiger partial charge < -0.3 is 0 Å². The predicted octanol–water partition coefficient (Wildman–Crippen LogP) is 3.77. The van der Waals surface area contributed by atoms with Crippen LogP contribution in [-0.2, 0) is 6.54 Å². The lowest BCUT2D eigenvalue weighted by Gasteiger charge is -2.32. The van der Waals surface area contributed by atoms with Crippen molar-refractivity contribution < 1.29 is 0 Å². The lowest BCUT2D eigenvalue weighted by atomic mass is 10.2. The van der Waals surface area contributed by atoms with Crippen LogP contribution in [0.4, 0.5) is 0 Å². The molecule has 0 heterocycles. The molecule has 0 aliphatic rings. The second-order valence-corrected chi connectivity index (χ2v) is 11.5. The summed E-state index contributed by atoms with van der Waals surface area (Å²) in [6.07, 6.45) is 1.28. The highest BCUT2D eigenvalue weighted by Gasteiger charge is 2.20. The van der Waals surface area contributed by atoms with Gasteiger partial charge in [-0.15, -0.1) is 0 Å². The van der Waals surface area contributed by atoms with E-state index in [0.29, 0.717) is 6.04 Å². The fourth-order valence-corrected chi connectivity index (χ4v) is 3.54. The van der Waals surface area contributed by atoms with E-state index in [0.717, 1.165) is 6.54 Å². The Kier molecular flexibility index (Phi) is 4.75. The molecule has 16 heavy (non-hydrogen) atoms. The summed E-state index contributed by atoms with van der Waals surface area (Å²) in [6.45, 7) is 13.0. The number of hydrogen-bond acceptors (Lipinski definition) is 1. The second-order valence-electron chi connectivity index (χ2n) is 6.04. The Morgan fingerprint density at radius 2 is 1.62 bits per heavy atom. The summed E-state index contributed by atoms with van der Waals surface area (Å²) in [5.41, 5.74) is 1.43. The highest BCUT2D eigenvalue weighted by atomic mass is 28.3. The van der Waals surface area contributed by atoms with Crippen molar-refractivity contribution in [1.29, 1.82) is 0 Å². The van der Waals surface area contributed by atoms with Crippen LogP contribution in [0.3, 0.4) is 0 Å². The molecule has 1 aromatic carbocycles. The summed E-state index contributed by atoms with van der Waals surface area (Å²) < 4.78 is 0. The van der Waals surface area contributed by atoms with Crippen molar-refractivity contribution in [2.24, 2.45) is 0 Å². The zero-order valence-electron chi connectivity index (χ0n) is 11.3. The third kappa shape index (κ3) is 4.95. The van der Waals surface area contributed by atoms with Gasteiger partial charge in [-0.3, -0.25) is 4.90 Å². The van der Waals surface area contributed by atoms with Crippen molar-refractivity contribution in [2.45, 2.75) is 46.1 Å². The molecule has 0 aliphatic heterocycles. The molecule has 0 aromatic heterocycles. The zero-order valence-corrected chi connectivity index (χ0v) is 12.3. The molecule has 2 heteroatoms. The van der Waals surface area contributed by atoms with Crippen LogP contribution in [0.15, 0.2) is 30.3 Å². The van der Waals surface area contributed by atoms with E-state index in [1.54, 1.807) is 0 Å². The molecule has 0 spiro atoms. The van der Waals surface area contributed by atoms with Crippen LogP contribution in [-0.4, -0.2) is 25.2 Å². The molecule has 0 radical (unpaired) electrons. The summed E-state index contributed by atoms with van der Waals surface area (Å²) in [7, 11) is -1.01. The van der Waals surface area contributed by atoms with E-state index in [-0.39, 0.29) is 0 Å². The second kappa shape index (κ2) is 5.64. The van der Waals surface area contributed by atoms with Gasteiger partial charge in [-0.05, 0) is 25.6 Å². The molecular formula is C14H25NSi. The van der Waals surface area contributed by atoms with E-state index in [4.69, 9.17) is 0 Å². The van der Waals surface area contributed by atoms with Gasteiger partial charge in [-0.25, -0.2) is 0 Å².